The minimum absolute atomic E-state index is 0.154. The molecule has 58 valence electrons. The van der Waals surface area contributed by atoms with Crippen LogP contribution in [0.15, 0.2) is 24.1 Å². The smallest absolute Gasteiger partial charge is 0.111 e. The average Bonchev–Trinajstić information content (AvgIpc) is 1.89. The van der Waals surface area contributed by atoms with Crippen molar-refractivity contribution < 1.29 is 8.78 Å². The Morgan fingerprint density at radius 3 is 2.40 bits per heavy atom. The van der Waals surface area contributed by atoms with Crippen LogP contribution in [-0.2, 0) is 0 Å². The molecule has 0 unspecified atom stereocenters. The Balaban J connectivity index is 4.04. The molecular formula is C8H12F2. The van der Waals surface area contributed by atoms with Gasteiger partial charge in [-0.25, -0.2) is 8.78 Å². The van der Waals surface area contributed by atoms with E-state index in [9.17, 15) is 8.78 Å². The van der Waals surface area contributed by atoms with Gasteiger partial charge < -0.3 is 0 Å². The third-order valence-corrected chi connectivity index (χ3v) is 1.28. The molecule has 0 aliphatic carbocycles. The Kier molecular flexibility index (Phi) is 4.81. The maximum Gasteiger partial charge on any atom is 0.111 e. The van der Waals surface area contributed by atoms with Gasteiger partial charge in [0, 0.05) is 0 Å². The van der Waals surface area contributed by atoms with Gasteiger partial charge in [0.1, 0.15) is 6.67 Å². The van der Waals surface area contributed by atoms with E-state index in [1.807, 2.05) is 13.8 Å². The van der Waals surface area contributed by atoms with Crippen LogP contribution < -0.4 is 0 Å². The Morgan fingerprint density at radius 1 is 1.50 bits per heavy atom. The summed E-state index contributed by atoms with van der Waals surface area (Å²) in [6, 6.07) is 0. The van der Waals surface area contributed by atoms with Crippen LogP contribution in [0.5, 0.6) is 0 Å². The third-order valence-electron chi connectivity index (χ3n) is 1.28. The molecule has 0 atom stereocenters. The monoisotopic (exact) mass is 146 g/mol. The van der Waals surface area contributed by atoms with Crippen LogP contribution in [-0.4, -0.2) is 6.67 Å². The first-order chi connectivity index (χ1) is 4.72. The second-order valence-corrected chi connectivity index (χ2v) is 2.35. The quantitative estimate of drug-likeness (QED) is 0.537. The van der Waals surface area contributed by atoms with Crippen molar-refractivity contribution in [1.82, 2.24) is 0 Å². The summed E-state index contributed by atoms with van der Waals surface area (Å²) >= 11 is 0. The first-order valence-electron chi connectivity index (χ1n) is 3.24. The summed E-state index contributed by atoms with van der Waals surface area (Å²) in [4.78, 5) is 0. The number of allylic oxidation sites excluding steroid dienone is 3. The minimum Gasteiger partial charge on any atom is -0.246 e. The van der Waals surface area contributed by atoms with Crippen LogP contribution >= 0.6 is 0 Å². The Bertz CT molecular complexity index is 134. The molecular weight excluding hydrogens is 134 g/mol. The first kappa shape index (κ1) is 9.34. The highest BCUT2D eigenvalue weighted by Gasteiger charge is 1.99. The van der Waals surface area contributed by atoms with Gasteiger partial charge in [0.15, 0.2) is 0 Å². The summed E-state index contributed by atoms with van der Waals surface area (Å²) in [6.45, 7) is 3.25. The van der Waals surface area contributed by atoms with Crippen molar-refractivity contribution >= 4 is 0 Å². The lowest BCUT2D eigenvalue weighted by atomic mass is 10.0. The SMILES string of the molecule is CC(C)/C(=C/C=C/F)CF. The van der Waals surface area contributed by atoms with Crippen molar-refractivity contribution in [3.05, 3.63) is 24.1 Å². The number of alkyl halides is 1. The van der Waals surface area contributed by atoms with Gasteiger partial charge in [0.2, 0.25) is 0 Å². The van der Waals surface area contributed by atoms with Crippen molar-refractivity contribution in [3.8, 4) is 0 Å². The molecule has 0 aromatic rings. The van der Waals surface area contributed by atoms with Gasteiger partial charge in [-0.2, -0.15) is 0 Å². The van der Waals surface area contributed by atoms with Crippen molar-refractivity contribution in [1.29, 1.82) is 0 Å². The molecule has 0 heterocycles. The molecule has 0 amide bonds. The molecule has 0 saturated carbocycles. The predicted octanol–water partition coefficient (Wildman–Crippen LogP) is 3.02. The van der Waals surface area contributed by atoms with Crippen LogP contribution in [0.25, 0.3) is 0 Å². The fourth-order valence-corrected chi connectivity index (χ4v) is 0.551. The van der Waals surface area contributed by atoms with Crippen LogP contribution in [0.2, 0.25) is 0 Å². The van der Waals surface area contributed by atoms with Gasteiger partial charge in [0.25, 0.3) is 0 Å². The van der Waals surface area contributed by atoms with E-state index in [4.69, 9.17) is 0 Å². The molecule has 0 aromatic carbocycles. The van der Waals surface area contributed by atoms with Crippen molar-refractivity contribution in [2.24, 2.45) is 5.92 Å². The number of halogens is 2. The lowest BCUT2D eigenvalue weighted by molar-refractivity contribution is 0.509. The van der Waals surface area contributed by atoms with Crippen molar-refractivity contribution in [2.75, 3.05) is 6.67 Å². The maximum absolute atomic E-state index is 12.0. The number of hydrogen-bond donors (Lipinski definition) is 0. The minimum atomic E-state index is -0.498. The van der Waals surface area contributed by atoms with E-state index in [1.54, 1.807) is 0 Å². The lowest BCUT2D eigenvalue weighted by Crippen LogP contribution is -1.94. The number of hydrogen-bond acceptors (Lipinski definition) is 0. The average molecular weight is 146 g/mol. The second-order valence-electron chi connectivity index (χ2n) is 2.35. The Labute approximate surface area is 60.2 Å². The zero-order valence-corrected chi connectivity index (χ0v) is 6.27. The van der Waals surface area contributed by atoms with Gasteiger partial charge in [-0.1, -0.05) is 19.9 Å². The summed E-state index contributed by atoms with van der Waals surface area (Å²) in [7, 11) is 0. The predicted molar refractivity (Wildman–Crippen MR) is 39.1 cm³/mol. The fraction of sp³-hybridized carbons (Fsp3) is 0.500. The van der Waals surface area contributed by atoms with Gasteiger partial charge in [0.05, 0.1) is 6.33 Å². The fourth-order valence-electron chi connectivity index (χ4n) is 0.551. The van der Waals surface area contributed by atoms with Gasteiger partial charge in [-0.3, -0.25) is 0 Å². The lowest BCUT2D eigenvalue weighted by Gasteiger charge is -2.03. The van der Waals surface area contributed by atoms with Gasteiger partial charge in [-0.15, -0.1) is 0 Å². The van der Waals surface area contributed by atoms with Gasteiger partial charge in [-0.05, 0) is 17.6 Å². The van der Waals surface area contributed by atoms with Crippen LogP contribution in [0.1, 0.15) is 13.8 Å². The molecule has 0 bridgehead atoms. The van der Waals surface area contributed by atoms with Gasteiger partial charge >= 0.3 is 0 Å². The second kappa shape index (κ2) is 5.15. The van der Waals surface area contributed by atoms with Crippen molar-refractivity contribution in [3.63, 3.8) is 0 Å². The number of rotatable bonds is 3. The molecule has 0 N–H and O–H groups in total. The molecule has 0 aromatic heterocycles. The van der Waals surface area contributed by atoms with E-state index in [-0.39, 0.29) is 5.92 Å². The van der Waals surface area contributed by atoms with Crippen molar-refractivity contribution in [2.45, 2.75) is 13.8 Å². The van der Waals surface area contributed by atoms with Crippen LogP contribution in [0, 0.1) is 5.92 Å². The maximum atomic E-state index is 12.0. The normalized spacial score (nSPS) is 13.5. The van der Waals surface area contributed by atoms with E-state index in [0.717, 1.165) is 0 Å². The molecule has 0 aliphatic heterocycles. The highest BCUT2D eigenvalue weighted by molar-refractivity contribution is 5.13. The molecule has 0 aliphatic rings. The molecule has 0 radical (unpaired) electrons. The molecule has 0 nitrogen and oxygen atoms in total. The standard InChI is InChI=1S/C8H12F2/c1-7(2)8(6-10)4-3-5-9/h3-5,7H,6H2,1-2H3/b5-3+,8-4+. The molecule has 0 saturated heterocycles. The Morgan fingerprint density at radius 2 is 2.10 bits per heavy atom. The van der Waals surface area contributed by atoms with Crippen LogP contribution in [0.3, 0.4) is 0 Å². The summed E-state index contributed by atoms with van der Waals surface area (Å²) < 4.78 is 23.4. The van der Waals surface area contributed by atoms with E-state index in [0.29, 0.717) is 11.9 Å². The van der Waals surface area contributed by atoms with E-state index < -0.39 is 6.67 Å². The summed E-state index contributed by atoms with van der Waals surface area (Å²) in [5, 5.41) is 0. The van der Waals surface area contributed by atoms with E-state index in [1.165, 1.54) is 12.2 Å². The topological polar surface area (TPSA) is 0 Å². The molecule has 0 spiro atoms. The van der Waals surface area contributed by atoms with E-state index in [2.05, 4.69) is 0 Å². The summed E-state index contributed by atoms with van der Waals surface area (Å²) in [5.74, 6) is 0.154. The largest absolute Gasteiger partial charge is 0.246 e. The highest BCUT2D eigenvalue weighted by atomic mass is 19.1. The van der Waals surface area contributed by atoms with E-state index >= 15 is 0 Å². The molecule has 2 heteroatoms. The Hall–Kier alpha value is -0.660. The molecule has 0 rings (SSSR count). The highest BCUT2D eigenvalue weighted by Crippen LogP contribution is 2.09. The third kappa shape index (κ3) is 3.38. The zero-order chi connectivity index (χ0) is 7.98. The molecule has 10 heavy (non-hydrogen) atoms. The molecule has 0 fully saturated rings. The first-order valence-corrected chi connectivity index (χ1v) is 3.24. The van der Waals surface area contributed by atoms with Crippen LogP contribution in [0.4, 0.5) is 8.78 Å². The summed E-state index contributed by atoms with van der Waals surface area (Å²) in [5.41, 5.74) is 0.619. The summed E-state index contributed by atoms with van der Waals surface area (Å²) in [6.07, 6.45) is 3.07. The zero-order valence-electron chi connectivity index (χ0n) is 6.27.